The molecule has 1 aromatic heterocycles. The van der Waals surface area contributed by atoms with Crippen LogP contribution in [0.1, 0.15) is 36.7 Å². The largest absolute Gasteiger partial charge is 0.342 e. The van der Waals surface area contributed by atoms with E-state index in [1.165, 1.54) is 17.4 Å². The van der Waals surface area contributed by atoms with Crippen molar-refractivity contribution in [1.29, 1.82) is 0 Å². The van der Waals surface area contributed by atoms with Crippen molar-refractivity contribution in [2.75, 3.05) is 32.9 Å². The van der Waals surface area contributed by atoms with Crippen LogP contribution >= 0.6 is 0 Å². The summed E-state index contributed by atoms with van der Waals surface area (Å²) in [5.41, 5.74) is 0.526. The van der Waals surface area contributed by atoms with Gasteiger partial charge in [0.25, 0.3) is 5.56 Å². The molecule has 1 aliphatic heterocycles. The van der Waals surface area contributed by atoms with E-state index in [1.807, 2.05) is 0 Å². The SMILES string of the molecule is Cc1nc(C2CCCN(C(=O)CCN(C)S(C)(=O)=O)C2)cc(=O)[nH]1. The number of likely N-dealkylation sites (tertiary alicyclic amines) is 1. The number of H-pyrrole nitrogens is 1. The Kier molecular flexibility index (Phi) is 5.76. The van der Waals surface area contributed by atoms with Gasteiger partial charge < -0.3 is 9.88 Å². The van der Waals surface area contributed by atoms with Gasteiger partial charge in [-0.25, -0.2) is 17.7 Å². The van der Waals surface area contributed by atoms with Gasteiger partial charge in [-0.05, 0) is 19.8 Å². The smallest absolute Gasteiger partial charge is 0.251 e. The maximum atomic E-state index is 12.4. The predicted molar refractivity (Wildman–Crippen MR) is 90.2 cm³/mol. The molecule has 0 radical (unpaired) electrons. The Labute approximate surface area is 141 Å². The molecule has 8 nitrogen and oxygen atoms in total. The number of nitrogens with zero attached hydrogens (tertiary/aromatic N) is 3. The van der Waals surface area contributed by atoms with E-state index >= 15 is 0 Å². The van der Waals surface area contributed by atoms with Crippen LogP contribution in [0.5, 0.6) is 0 Å². The van der Waals surface area contributed by atoms with Crippen LogP contribution in [0.4, 0.5) is 0 Å². The van der Waals surface area contributed by atoms with Crippen molar-refractivity contribution >= 4 is 15.9 Å². The summed E-state index contributed by atoms with van der Waals surface area (Å²) in [6.07, 6.45) is 2.99. The summed E-state index contributed by atoms with van der Waals surface area (Å²) in [6, 6.07) is 1.49. The quantitative estimate of drug-likeness (QED) is 0.804. The van der Waals surface area contributed by atoms with Crippen LogP contribution in [0.25, 0.3) is 0 Å². The number of amides is 1. The summed E-state index contributed by atoms with van der Waals surface area (Å²) < 4.78 is 23.9. The molecule has 134 valence electrons. The molecule has 1 atom stereocenters. The number of carbonyl (C=O) groups excluding carboxylic acids is 1. The molecule has 9 heteroatoms. The summed E-state index contributed by atoms with van der Waals surface area (Å²) in [6.45, 7) is 3.07. The first-order chi connectivity index (χ1) is 11.2. The molecule has 2 heterocycles. The molecule has 1 N–H and O–H groups in total. The molecule has 0 spiro atoms. The highest BCUT2D eigenvalue weighted by Crippen LogP contribution is 2.25. The van der Waals surface area contributed by atoms with Gasteiger partial charge in [0.1, 0.15) is 5.82 Å². The zero-order valence-electron chi connectivity index (χ0n) is 14.3. The van der Waals surface area contributed by atoms with Crippen molar-refractivity contribution in [3.8, 4) is 0 Å². The lowest BCUT2D eigenvalue weighted by Crippen LogP contribution is -2.41. The van der Waals surface area contributed by atoms with Crippen molar-refractivity contribution in [2.24, 2.45) is 0 Å². The Hall–Kier alpha value is -1.74. The van der Waals surface area contributed by atoms with Crippen LogP contribution < -0.4 is 5.56 Å². The number of aryl methyl sites for hydroxylation is 1. The van der Waals surface area contributed by atoms with E-state index < -0.39 is 10.0 Å². The maximum Gasteiger partial charge on any atom is 0.251 e. The molecule has 1 amide bonds. The minimum Gasteiger partial charge on any atom is -0.342 e. The molecule has 0 saturated carbocycles. The number of hydrogen-bond acceptors (Lipinski definition) is 5. The summed E-state index contributed by atoms with van der Waals surface area (Å²) in [5, 5.41) is 0. The second-order valence-electron chi connectivity index (χ2n) is 6.27. The van der Waals surface area contributed by atoms with Gasteiger partial charge in [-0.15, -0.1) is 0 Å². The van der Waals surface area contributed by atoms with Crippen molar-refractivity contribution in [2.45, 2.75) is 32.1 Å². The minimum absolute atomic E-state index is 0.0383. The van der Waals surface area contributed by atoms with Gasteiger partial charge in [0.2, 0.25) is 15.9 Å². The van der Waals surface area contributed by atoms with Gasteiger partial charge >= 0.3 is 0 Å². The average molecular weight is 356 g/mol. The fraction of sp³-hybridized carbons (Fsp3) is 0.667. The fourth-order valence-corrected chi connectivity index (χ4v) is 3.26. The molecule has 2 rings (SSSR count). The fourth-order valence-electron chi connectivity index (χ4n) is 2.83. The summed E-state index contributed by atoms with van der Waals surface area (Å²) in [4.78, 5) is 32.7. The zero-order valence-corrected chi connectivity index (χ0v) is 15.1. The lowest BCUT2D eigenvalue weighted by Gasteiger charge is -2.33. The van der Waals surface area contributed by atoms with Crippen molar-refractivity contribution in [1.82, 2.24) is 19.2 Å². The second-order valence-corrected chi connectivity index (χ2v) is 8.36. The third-order valence-electron chi connectivity index (χ3n) is 4.28. The zero-order chi connectivity index (χ0) is 17.9. The predicted octanol–water partition coefficient (Wildman–Crippen LogP) is 0.0658. The van der Waals surface area contributed by atoms with Gasteiger partial charge in [0.05, 0.1) is 11.9 Å². The van der Waals surface area contributed by atoms with E-state index in [-0.39, 0.29) is 30.3 Å². The van der Waals surface area contributed by atoms with E-state index in [9.17, 15) is 18.0 Å². The Balaban J connectivity index is 1.99. The first-order valence-corrected chi connectivity index (χ1v) is 9.78. The molecule has 1 saturated heterocycles. The standard InChI is InChI=1S/C15H24N4O4S/c1-11-16-13(9-14(20)17-11)12-5-4-7-19(10-12)15(21)6-8-18(2)24(3,22)23/h9,12H,4-8,10H2,1-3H3,(H,16,17,20). The van der Waals surface area contributed by atoms with E-state index in [0.29, 0.717) is 24.6 Å². The molecule has 0 bridgehead atoms. The summed E-state index contributed by atoms with van der Waals surface area (Å²) in [7, 11) is -1.82. The molecular weight excluding hydrogens is 332 g/mol. The molecular formula is C15H24N4O4S. The lowest BCUT2D eigenvalue weighted by molar-refractivity contribution is -0.132. The Morgan fingerprint density at radius 2 is 2.21 bits per heavy atom. The lowest BCUT2D eigenvalue weighted by atomic mass is 9.94. The van der Waals surface area contributed by atoms with E-state index in [1.54, 1.807) is 11.8 Å². The third-order valence-corrected chi connectivity index (χ3v) is 5.59. The van der Waals surface area contributed by atoms with Crippen molar-refractivity contribution in [3.05, 3.63) is 27.9 Å². The summed E-state index contributed by atoms with van der Waals surface area (Å²) >= 11 is 0. The highest BCUT2D eigenvalue weighted by Gasteiger charge is 2.26. The number of nitrogens with one attached hydrogen (secondary N) is 1. The molecule has 0 aliphatic carbocycles. The number of piperidine rings is 1. The van der Waals surface area contributed by atoms with E-state index in [0.717, 1.165) is 19.1 Å². The third kappa shape index (κ3) is 4.88. The molecule has 1 fully saturated rings. The Bertz CT molecular complexity index is 759. The monoisotopic (exact) mass is 356 g/mol. The average Bonchev–Trinajstić information content (AvgIpc) is 2.50. The number of aromatic nitrogens is 2. The number of carbonyl (C=O) groups is 1. The van der Waals surface area contributed by atoms with Gasteiger partial charge in [-0.2, -0.15) is 0 Å². The number of rotatable bonds is 5. The highest BCUT2D eigenvalue weighted by molar-refractivity contribution is 7.88. The molecule has 1 aromatic rings. The van der Waals surface area contributed by atoms with Crippen LogP contribution in [0, 0.1) is 6.92 Å². The Morgan fingerprint density at radius 1 is 1.50 bits per heavy atom. The van der Waals surface area contributed by atoms with Gasteiger partial charge in [-0.1, -0.05) is 0 Å². The minimum atomic E-state index is -3.28. The maximum absolute atomic E-state index is 12.4. The molecule has 24 heavy (non-hydrogen) atoms. The van der Waals surface area contributed by atoms with Gasteiger partial charge in [-0.3, -0.25) is 9.59 Å². The highest BCUT2D eigenvalue weighted by atomic mass is 32.2. The van der Waals surface area contributed by atoms with Gasteiger partial charge in [0.15, 0.2) is 0 Å². The topological polar surface area (TPSA) is 103 Å². The number of hydrogen-bond donors (Lipinski definition) is 1. The van der Waals surface area contributed by atoms with Crippen LogP contribution in [0.15, 0.2) is 10.9 Å². The molecule has 1 unspecified atom stereocenters. The number of aromatic amines is 1. The molecule has 0 aromatic carbocycles. The normalized spacial score (nSPS) is 18.8. The van der Waals surface area contributed by atoms with Crippen LogP contribution in [-0.4, -0.2) is 66.4 Å². The van der Waals surface area contributed by atoms with Crippen LogP contribution in [0.2, 0.25) is 0 Å². The Morgan fingerprint density at radius 3 is 2.83 bits per heavy atom. The van der Waals surface area contributed by atoms with E-state index in [4.69, 9.17) is 0 Å². The number of sulfonamides is 1. The summed E-state index contributed by atoms with van der Waals surface area (Å²) in [5.74, 6) is 0.531. The van der Waals surface area contributed by atoms with Crippen molar-refractivity contribution < 1.29 is 13.2 Å². The first-order valence-electron chi connectivity index (χ1n) is 7.94. The van der Waals surface area contributed by atoms with Crippen molar-refractivity contribution in [3.63, 3.8) is 0 Å². The van der Waals surface area contributed by atoms with Crippen LogP contribution in [-0.2, 0) is 14.8 Å². The van der Waals surface area contributed by atoms with Gasteiger partial charge in [0, 0.05) is 45.1 Å². The first kappa shape index (κ1) is 18.6. The molecule has 1 aliphatic rings. The van der Waals surface area contributed by atoms with Crippen LogP contribution in [0.3, 0.4) is 0 Å². The second kappa shape index (κ2) is 7.43. The van der Waals surface area contributed by atoms with E-state index in [2.05, 4.69) is 9.97 Å².